The van der Waals surface area contributed by atoms with Gasteiger partial charge in [0, 0.05) is 17.7 Å². The molecule has 0 saturated heterocycles. The normalized spacial score (nSPS) is 10.6. The fraction of sp³-hybridized carbons (Fsp3) is 0. The average Bonchev–Trinajstić information content (AvgIpc) is 3.38. The predicted molar refractivity (Wildman–Crippen MR) is 137 cm³/mol. The molecule has 0 aliphatic rings. The molecular formula is C30H22O5. The number of furan rings is 1. The van der Waals surface area contributed by atoms with E-state index < -0.39 is 11.9 Å². The zero-order valence-electron chi connectivity index (χ0n) is 18.8. The Morgan fingerprint density at radius 1 is 0.600 bits per heavy atom. The third-order valence-corrected chi connectivity index (χ3v) is 5.07. The molecule has 0 spiro atoms. The first kappa shape index (κ1) is 23.3. The van der Waals surface area contributed by atoms with E-state index in [9.17, 15) is 9.59 Å². The quantitative estimate of drug-likeness (QED) is 0.161. The van der Waals surface area contributed by atoms with E-state index >= 15 is 0 Å². The van der Waals surface area contributed by atoms with E-state index in [0.29, 0.717) is 11.5 Å². The fourth-order valence-electron chi connectivity index (χ4n) is 3.28. The van der Waals surface area contributed by atoms with Crippen molar-refractivity contribution >= 4 is 24.1 Å². The Morgan fingerprint density at radius 3 is 1.63 bits per heavy atom. The van der Waals surface area contributed by atoms with Gasteiger partial charge in [-0.3, -0.25) is 0 Å². The number of rotatable bonds is 8. The molecular weight excluding hydrogens is 440 g/mol. The summed E-state index contributed by atoms with van der Waals surface area (Å²) >= 11 is 0. The van der Waals surface area contributed by atoms with Crippen LogP contribution in [-0.4, -0.2) is 11.9 Å². The van der Waals surface area contributed by atoms with Crippen LogP contribution < -0.4 is 9.47 Å². The fourth-order valence-corrected chi connectivity index (χ4v) is 3.28. The number of ether oxygens (including phenoxy) is 2. The molecule has 0 atom stereocenters. The largest absolute Gasteiger partial charge is 0.457 e. The summed E-state index contributed by atoms with van der Waals surface area (Å²) in [7, 11) is 0. The molecule has 0 amide bonds. The van der Waals surface area contributed by atoms with Crippen LogP contribution in [0, 0.1) is 0 Å². The number of esters is 2. The molecule has 35 heavy (non-hydrogen) atoms. The van der Waals surface area contributed by atoms with Gasteiger partial charge in [-0.1, -0.05) is 67.8 Å². The highest BCUT2D eigenvalue weighted by molar-refractivity contribution is 5.84. The van der Waals surface area contributed by atoms with Crippen LogP contribution in [0.15, 0.2) is 115 Å². The highest BCUT2D eigenvalue weighted by atomic mass is 16.5. The molecule has 0 saturated carbocycles. The van der Waals surface area contributed by atoms with Crippen molar-refractivity contribution in [3.05, 3.63) is 122 Å². The van der Waals surface area contributed by atoms with Gasteiger partial charge in [0.05, 0.1) is 0 Å². The molecule has 3 aromatic carbocycles. The summed E-state index contributed by atoms with van der Waals surface area (Å²) < 4.78 is 16.1. The van der Waals surface area contributed by atoms with Gasteiger partial charge in [0.15, 0.2) is 0 Å². The number of carbonyl (C=O) groups excluding carboxylic acids is 2. The van der Waals surface area contributed by atoms with E-state index in [1.807, 2.05) is 72.8 Å². The molecule has 4 rings (SSSR count). The van der Waals surface area contributed by atoms with Crippen LogP contribution in [0.5, 0.6) is 11.5 Å². The minimum atomic E-state index is -0.492. The van der Waals surface area contributed by atoms with Crippen molar-refractivity contribution in [1.82, 2.24) is 0 Å². The average molecular weight is 463 g/mol. The molecule has 0 fully saturated rings. The maximum atomic E-state index is 11.3. The second kappa shape index (κ2) is 10.8. The second-order valence-electron chi connectivity index (χ2n) is 7.46. The van der Waals surface area contributed by atoms with Crippen molar-refractivity contribution in [3.63, 3.8) is 0 Å². The summed E-state index contributed by atoms with van der Waals surface area (Å²) in [6.45, 7) is 6.77. The molecule has 0 aliphatic carbocycles. The first-order valence-corrected chi connectivity index (χ1v) is 10.8. The lowest BCUT2D eigenvalue weighted by Crippen LogP contribution is -2.02. The first-order chi connectivity index (χ1) is 17.0. The summed E-state index contributed by atoms with van der Waals surface area (Å²) in [5.74, 6) is 1.43. The summed E-state index contributed by atoms with van der Waals surface area (Å²) in [6.07, 6.45) is 6.05. The van der Waals surface area contributed by atoms with Gasteiger partial charge < -0.3 is 13.9 Å². The molecule has 0 aliphatic heterocycles. The molecule has 1 aromatic heterocycles. The van der Waals surface area contributed by atoms with Crippen molar-refractivity contribution < 1.29 is 23.5 Å². The van der Waals surface area contributed by atoms with Gasteiger partial charge in [0.25, 0.3) is 0 Å². The van der Waals surface area contributed by atoms with E-state index in [-0.39, 0.29) is 0 Å². The van der Waals surface area contributed by atoms with Gasteiger partial charge >= 0.3 is 11.9 Å². The van der Waals surface area contributed by atoms with Crippen LogP contribution in [0.3, 0.4) is 0 Å². The number of carbonyl (C=O) groups is 2. The maximum Gasteiger partial charge on any atom is 0.335 e. The van der Waals surface area contributed by atoms with E-state index in [0.717, 1.165) is 45.9 Å². The molecule has 1 heterocycles. The lowest BCUT2D eigenvalue weighted by atomic mass is 10.0. The summed E-state index contributed by atoms with van der Waals surface area (Å²) in [6, 6.07) is 26.3. The summed E-state index contributed by atoms with van der Waals surface area (Å²) in [5, 5.41) is 0. The Labute approximate surface area is 203 Å². The molecule has 0 unspecified atom stereocenters. The van der Waals surface area contributed by atoms with E-state index in [1.165, 1.54) is 0 Å². The minimum Gasteiger partial charge on any atom is -0.457 e. The molecule has 172 valence electrons. The Balaban J connectivity index is 1.40. The van der Waals surface area contributed by atoms with Gasteiger partial charge in [-0.2, -0.15) is 0 Å². The van der Waals surface area contributed by atoms with Crippen molar-refractivity contribution in [2.45, 2.75) is 0 Å². The second-order valence-corrected chi connectivity index (χ2v) is 7.46. The SMILES string of the molecule is C=CC(=O)Oc1ccc(/C=C/c2ccc(-c3ccc(-c4ccc(OC(=O)C=C)cc4)cc3)o2)cc1. The highest BCUT2D eigenvalue weighted by Crippen LogP contribution is 2.28. The Kier molecular flexibility index (Phi) is 7.19. The number of hydrogen-bond acceptors (Lipinski definition) is 5. The topological polar surface area (TPSA) is 65.7 Å². The molecule has 0 bridgehead atoms. The van der Waals surface area contributed by atoms with Crippen LogP contribution >= 0.6 is 0 Å². The third-order valence-electron chi connectivity index (χ3n) is 5.07. The van der Waals surface area contributed by atoms with Gasteiger partial charge in [-0.25, -0.2) is 9.59 Å². The Morgan fingerprint density at radius 2 is 1.09 bits per heavy atom. The van der Waals surface area contributed by atoms with Crippen molar-refractivity contribution in [3.8, 4) is 33.9 Å². The van der Waals surface area contributed by atoms with Crippen molar-refractivity contribution in [1.29, 1.82) is 0 Å². The predicted octanol–water partition coefficient (Wildman–Crippen LogP) is 6.97. The lowest BCUT2D eigenvalue weighted by Gasteiger charge is -2.05. The van der Waals surface area contributed by atoms with Gasteiger partial charge in [0.1, 0.15) is 23.0 Å². The van der Waals surface area contributed by atoms with E-state index in [4.69, 9.17) is 13.9 Å². The number of benzene rings is 3. The summed E-state index contributed by atoms with van der Waals surface area (Å²) in [5.41, 5.74) is 3.93. The zero-order chi connectivity index (χ0) is 24.6. The Bertz CT molecular complexity index is 1370. The van der Waals surface area contributed by atoms with E-state index in [1.54, 1.807) is 24.3 Å². The standard InChI is InChI=1S/C30H22O5/c1-3-29(31)34-26-15-6-21(7-16-26)5-14-25-19-20-28(33-25)24-10-8-22(9-11-24)23-12-17-27(18-13-23)35-30(32)4-2/h3-20H,1-2H2/b14-5+. The van der Waals surface area contributed by atoms with Gasteiger partial charge in [0.2, 0.25) is 0 Å². The minimum absolute atomic E-state index is 0.461. The van der Waals surface area contributed by atoms with Crippen LogP contribution in [0.1, 0.15) is 11.3 Å². The monoisotopic (exact) mass is 462 g/mol. The summed E-state index contributed by atoms with van der Waals surface area (Å²) in [4.78, 5) is 22.6. The van der Waals surface area contributed by atoms with Crippen molar-refractivity contribution in [2.75, 3.05) is 0 Å². The van der Waals surface area contributed by atoms with Crippen molar-refractivity contribution in [2.24, 2.45) is 0 Å². The molecule has 5 nitrogen and oxygen atoms in total. The molecule has 0 radical (unpaired) electrons. The molecule has 4 aromatic rings. The zero-order valence-corrected chi connectivity index (χ0v) is 18.8. The highest BCUT2D eigenvalue weighted by Gasteiger charge is 2.06. The lowest BCUT2D eigenvalue weighted by molar-refractivity contribution is -0.129. The van der Waals surface area contributed by atoms with Crippen LogP contribution in [-0.2, 0) is 9.59 Å². The van der Waals surface area contributed by atoms with Crippen LogP contribution in [0.4, 0.5) is 0 Å². The third kappa shape index (κ3) is 6.12. The smallest absolute Gasteiger partial charge is 0.335 e. The molecule has 5 heteroatoms. The Hall–Kier alpha value is -4.90. The van der Waals surface area contributed by atoms with Gasteiger partial charge in [-0.15, -0.1) is 0 Å². The first-order valence-electron chi connectivity index (χ1n) is 10.8. The van der Waals surface area contributed by atoms with E-state index in [2.05, 4.69) is 13.2 Å². The maximum absolute atomic E-state index is 11.3. The van der Waals surface area contributed by atoms with Crippen LogP contribution in [0.25, 0.3) is 34.6 Å². The number of hydrogen-bond donors (Lipinski definition) is 0. The van der Waals surface area contributed by atoms with Crippen LogP contribution in [0.2, 0.25) is 0 Å². The van der Waals surface area contributed by atoms with Gasteiger partial charge in [-0.05, 0) is 59.2 Å². The molecule has 0 N–H and O–H groups in total.